The summed E-state index contributed by atoms with van der Waals surface area (Å²) in [6.45, 7) is 2.16. The average molecular weight is 314 g/mol. The maximum absolute atomic E-state index is 10.7. The Morgan fingerprint density at radius 1 is 1.21 bits per heavy atom. The van der Waals surface area contributed by atoms with E-state index in [0.717, 1.165) is 12.8 Å². The zero-order chi connectivity index (χ0) is 15.4. The van der Waals surface area contributed by atoms with Crippen molar-refractivity contribution >= 4 is 7.81 Å². The third kappa shape index (κ3) is 13.4. The number of nitrogens with zero attached hydrogens (tertiary/aromatic N) is 2. The average Bonchev–Trinajstić information content (AvgIpc) is 2.56. The number of aryl methyl sites for hydroxylation is 1. The Kier molecular flexibility index (Phi) is 5.05. The van der Waals surface area contributed by atoms with Crippen molar-refractivity contribution in [3.8, 4) is 0 Å². The molecule has 0 aliphatic carbocycles. The molecule has 0 spiro atoms. The predicted molar refractivity (Wildman–Crippen MR) is 60.1 cm³/mol. The van der Waals surface area contributed by atoms with Gasteiger partial charge in [-0.05, 0) is 6.42 Å². The number of halogens is 6. The number of hydrogen-bond acceptors (Lipinski definition) is 1. The summed E-state index contributed by atoms with van der Waals surface area (Å²) in [4.78, 5) is 0. The van der Waals surface area contributed by atoms with Crippen LogP contribution in [0.4, 0.5) is 25.2 Å². The Bertz CT molecular complexity index is 389. The van der Waals surface area contributed by atoms with Crippen LogP contribution in [0.25, 0.3) is 0 Å². The van der Waals surface area contributed by atoms with Crippen molar-refractivity contribution in [2.24, 2.45) is 7.05 Å². The summed E-state index contributed by atoms with van der Waals surface area (Å²) in [6, 6.07) is 0. The number of ether oxygens (including phenoxy) is 1. The first-order valence-corrected chi connectivity index (χ1v) is 7.37. The van der Waals surface area contributed by atoms with E-state index < -0.39 is 7.81 Å². The minimum absolute atomic E-state index is 0.191. The summed E-state index contributed by atoms with van der Waals surface area (Å²) in [6.07, 6.45) is 8.47. The summed E-state index contributed by atoms with van der Waals surface area (Å²) < 4.78 is 68.6. The molecule has 1 aromatic rings. The Morgan fingerprint density at radius 3 is 1.95 bits per heavy atom. The Morgan fingerprint density at radius 2 is 1.68 bits per heavy atom. The van der Waals surface area contributed by atoms with E-state index >= 15 is 0 Å². The van der Waals surface area contributed by atoms with Gasteiger partial charge in [-0.3, -0.25) is 0 Å². The van der Waals surface area contributed by atoms with E-state index in [1.54, 1.807) is 7.11 Å². The quantitative estimate of drug-likeness (QED) is 0.450. The molecule has 1 rings (SSSR count). The summed E-state index contributed by atoms with van der Waals surface area (Å²) in [5, 5.41) is 0. The molecule has 0 aliphatic rings. The van der Waals surface area contributed by atoms with E-state index in [0.29, 0.717) is 0 Å². The molecule has 10 heteroatoms. The molecule has 0 amide bonds. The Hall–Kier alpha value is -0.820. The summed E-state index contributed by atoms with van der Waals surface area (Å²) in [5.74, 6) is 0. The van der Waals surface area contributed by atoms with Crippen molar-refractivity contribution in [3.05, 3.63) is 18.7 Å². The molecule has 0 radical (unpaired) electrons. The third-order valence-electron chi connectivity index (χ3n) is 1.93. The fourth-order valence-electron chi connectivity index (χ4n) is 1.28. The van der Waals surface area contributed by atoms with Crippen LogP contribution in [0.3, 0.4) is 0 Å². The van der Waals surface area contributed by atoms with Gasteiger partial charge < -0.3 is 4.74 Å². The molecule has 1 unspecified atom stereocenters. The van der Waals surface area contributed by atoms with Crippen LogP contribution in [0.15, 0.2) is 18.7 Å². The van der Waals surface area contributed by atoms with Gasteiger partial charge in [0.25, 0.3) is 0 Å². The fraction of sp³-hybridized carbons (Fsp3) is 0.667. The van der Waals surface area contributed by atoms with Gasteiger partial charge in [0.2, 0.25) is 12.6 Å². The molecular formula is C9H17F6N2OP. The molecule has 116 valence electrons. The summed E-state index contributed by atoms with van der Waals surface area (Å²) >= 11 is 0. The molecule has 0 saturated carbocycles. The fourth-order valence-corrected chi connectivity index (χ4v) is 1.28. The Balaban J connectivity index is 0.000000399. The van der Waals surface area contributed by atoms with Crippen molar-refractivity contribution in [1.82, 2.24) is 4.57 Å². The van der Waals surface area contributed by atoms with Gasteiger partial charge in [-0.1, -0.05) is 6.92 Å². The van der Waals surface area contributed by atoms with Gasteiger partial charge in [-0.15, -0.1) is 0 Å². The first-order chi connectivity index (χ1) is 8.22. The van der Waals surface area contributed by atoms with Crippen molar-refractivity contribution < 1.29 is 34.5 Å². The number of aromatic nitrogens is 2. The van der Waals surface area contributed by atoms with E-state index in [1.807, 2.05) is 30.3 Å². The molecule has 1 aromatic heterocycles. The van der Waals surface area contributed by atoms with Crippen LogP contribution in [0.2, 0.25) is 0 Å². The molecule has 0 aliphatic heterocycles. The molecular weight excluding hydrogens is 297 g/mol. The van der Waals surface area contributed by atoms with Crippen LogP contribution in [0, 0.1) is 0 Å². The number of hydrogen-bond donors (Lipinski definition) is 0. The second kappa shape index (κ2) is 5.28. The summed E-state index contributed by atoms with van der Waals surface area (Å²) in [7, 11) is -6.90. The number of imidazole rings is 1. The van der Waals surface area contributed by atoms with Gasteiger partial charge in [0, 0.05) is 13.5 Å². The van der Waals surface area contributed by atoms with E-state index in [2.05, 4.69) is 11.5 Å². The second-order valence-corrected chi connectivity index (χ2v) is 5.88. The zero-order valence-electron chi connectivity index (χ0n) is 10.7. The number of methoxy groups -OCH3 is 1. The van der Waals surface area contributed by atoms with Gasteiger partial charge in [0.1, 0.15) is 12.4 Å². The van der Waals surface area contributed by atoms with Crippen molar-refractivity contribution in [1.29, 1.82) is 0 Å². The van der Waals surface area contributed by atoms with Gasteiger partial charge in [-0.25, -0.2) is 9.13 Å². The van der Waals surface area contributed by atoms with Crippen LogP contribution in [-0.4, -0.2) is 11.7 Å². The second-order valence-electron chi connectivity index (χ2n) is 3.96. The molecule has 1 atom stereocenters. The van der Waals surface area contributed by atoms with Crippen molar-refractivity contribution in [3.63, 3.8) is 0 Å². The van der Waals surface area contributed by atoms with Crippen molar-refractivity contribution in [2.45, 2.75) is 26.0 Å². The normalized spacial score (nSPS) is 16.9. The SMILES string of the molecule is CCCC(OC)n1cc[n+](C)c1.F[P-](F)(F)(F)(F)F. The van der Waals surface area contributed by atoms with Crippen molar-refractivity contribution in [2.75, 3.05) is 7.11 Å². The predicted octanol–water partition coefficient (Wildman–Crippen LogP) is 4.64. The van der Waals surface area contributed by atoms with Crippen LogP contribution < -0.4 is 4.57 Å². The van der Waals surface area contributed by atoms with Crippen LogP contribution in [-0.2, 0) is 11.8 Å². The van der Waals surface area contributed by atoms with E-state index in [4.69, 9.17) is 4.74 Å². The van der Waals surface area contributed by atoms with Crippen LogP contribution >= 0.6 is 7.81 Å². The minimum atomic E-state index is -10.7. The maximum atomic E-state index is 9.87. The molecule has 0 aromatic carbocycles. The topological polar surface area (TPSA) is 18.0 Å². The standard InChI is InChI=1S/C9H17N2O.F6P/c1-4-5-9(12-3)11-7-6-10(2)8-11;1-7(2,3,4,5)6/h6-9H,4-5H2,1-3H3;/q+1;-1. The molecule has 3 nitrogen and oxygen atoms in total. The summed E-state index contributed by atoms with van der Waals surface area (Å²) in [5.41, 5.74) is 0. The van der Waals surface area contributed by atoms with Gasteiger partial charge in [0.05, 0.1) is 7.05 Å². The number of rotatable bonds is 4. The zero-order valence-corrected chi connectivity index (χ0v) is 11.6. The molecule has 0 saturated heterocycles. The van der Waals surface area contributed by atoms with Gasteiger partial charge in [0.15, 0.2) is 0 Å². The molecule has 0 N–H and O–H groups in total. The van der Waals surface area contributed by atoms with E-state index in [-0.39, 0.29) is 6.23 Å². The van der Waals surface area contributed by atoms with E-state index in [9.17, 15) is 25.2 Å². The molecule has 1 heterocycles. The van der Waals surface area contributed by atoms with Crippen LogP contribution in [0.5, 0.6) is 0 Å². The Labute approximate surface area is 107 Å². The third-order valence-corrected chi connectivity index (χ3v) is 1.93. The molecule has 19 heavy (non-hydrogen) atoms. The monoisotopic (exact) mass is 314 g/mol. The molecule has 0 fully saturated rings. The van der Waals surface area contributed by atoms with Gasteiger partial charge >= 0.3 is 33.0 Å². The van der Waals surface area contributed by atoms with E-state index in [1.165, 1.54) is 0 Å². The van der Waals surface area contributed by atoms with Gasteiger partial charge in [-0.2, -0.15) is 0 Å². The molecule has 0 bridgehead atoms. The van der Waals surface area contributed by atoms with Crippen LogP contribution in [0.1, 0.15) is 26.0 Å². The first-order valence-electron chi connectivity index (χ1n) is 5.35. The first kappa shape index (κ1) is 18.2.